The van der Waals surface area contributed by atoms with Gasteiger partial charge in [0.2, 0.25) is 13.0 Å². The summed E-state index contributed by atoms with van der Waals surface area (Å²) < 4.78 is 9.82. The highest BCUT2D eigenvalue weighted by Gasteiger charge is 2.25. The van der Waals surface area contributed by atoms with Gasteiger partial charge in [0.15, 0.2) is 0 Å². The average Bonchev–Trinajstić information content (AvgIpc) is 2.47. The molecule has 0 fully saturated rings. The number of rotatable bonds is 5. The maximum absolute atomic E-state index is 10.1. The third kappa shape index (κ3) is 4.04. The first-order chi connectivity index (χ1) is 9.42. The molecule has 2 aromatic rings. The van der Waals surface area contributed by atoms with Gasteiger partial charge in [0.05, 0.1) is 0 Å². The molecule has 2 atom stereocenters. The molecular formula is C12H12O4P2S2. The van der Waals surface area contributed by atoms with E-state index in [1.165, 1.54) is 0 Å². The van der Waals surface area contributed by atoms with E-state index in [-0.39, 0.29) is 0 Å². The Labute approximate surface area is 127 Å². The van der Waals surface area contributed by atoms with Crippen LogP contribution in [0.5, 0.6) is 0 Å². The summed E-state index contributed by atoms with van der Waals surface area (Å²) in [5.41, 5.74) is 0. The lowest BCUT2D eigenvalue weighted by atomic mass is 10.4. The second kappa shape index (κ2) is 6.56. The van der Waals surface area contributed by atoms with Crippen molar-refractivity contribution >= 4 is 47.2 Å². The van der Waals surface area contributed by atoms with E-state index >= 15 is 0 Å². The molecule has 4 nitrogen and oxygen atoms in total. The molecule has 2 rings (SSSR count). The van der Waals surface area contributed by atoms with E-state index < -0.39 is 13.0 Å². The van der Waals surface area contributed by atoms with Gasteiger partial charge in [0.25, 0.3) is 0 Å². The lowest BCUT2D eigenvalue weighted by Gasteiger charge is -2.19. The molecular weight excluding hydrogens is 334 g/mol. The molecule has 106 valence electrons. The fourth-order valence-electron chi connectivity index (χ4n) is 1.41. The van der Waals surface area contributed by atoms with Gasteiger partial charge in [-0.1, -0.05) is 36.4 Å². The molecule has 20 heavy (non-hydrogen) atoms. The highest BCUT2D eigenvalue weighted by molar-refractivity contribution is 8.14. The van der Waals surface area contributed by atoms with Crippen LogP contribution in [0.25, 0.3) is 0 Å². The van der Waals surface area contributed by atoms with E-state index in [2.05, 4.69) is 0 Å². The van der Waals surface area contributed by atoms with Gasteiger partial charge in [-0.05, 0) is 47.9 Å². The third-order valence-electron chi connectivity index (χ3n) is 2.40. The van der Waals surface area contributed by atoms with Crippen LogP contribution in [0.3, 0.4) is 0 Å². The Kier molecular flexibility index (Phi) is 5.24. The molecule has 2 N–H and O–H groups in total. The minimum absolute atomic E-state index is 0.429. The van der Waals surface area contributed by atoms with E-state index in [9.17, 15) is 9.79 Å². The van der Waals surface area contributed by atoms with Crippen molar-refractivity contribution in [3.05, 3.63) is 60.7 Å². The summed E-state index contributed by atoms with van der Waals surface area (Å²) in [6, 6.07) is 17.0. The molecule has 0 spiro atoms. The van der Waals surface area contributed by atoms with Crippen LogP contribution in [0, 0.1) is 0 Å². The van der Waals surface area contributed by atoms with Gasteiger partial charge < -0.3 is 9.79 Å². The first-order valence-corrected chi connectivity index (χ1v) is 10.9. The molecule has 0 aromatic heterocycles. The molecule has 2 aromatic carbocycles. The molecule has 0 amide bonds. The largest absolute Gasteiger partial charge is 0.340 e. The van der Waals surface area contributed by atoms with Crippen LogP contribution in [0.2, 0.25) is 0 Å². The van der Waals surface area contributed by atoms with Crippen LogP contribution < -0.4 is 10.6 Å². The van der Waals surface area contributed by atoms with Gasteiger partial charge in [-0.25, -0.2) is 0 Å². The van der Waals surface area contributed by atoms with Gasteiger partial charge in [0.1, 0.15) is 0 Å². The van der Waals surface area contributed by atoms with Crippen LogP contribution in [0.1, 0.15) is 0 Å². The van der Waals surface area contributed by atoms with E-state index in [1.807, 2.05) is 0 Å². The normalized spacial score (nSPS) is 17.1. The lowest BCUT2D eigenvalue weighted by Crippen LogP contribution is -2.10. The summed E-state index contributed by atoms with van der Waals surface area (Å²) in [5, 5.41) is 0.858. The molecule has 0 aliphatic heterocycles. The van der Waals surface area contributed by atoms with E-state index in [0.717, 1.165) is 0 Å². The van der Waals surface area contributed by atoms with Crippen molar-refractivity contribution in [2.45, 2.75) is 0 Å². The van der Waals surface area contributed by atoms with Crippen LogP contribution in [0.4, 0.5) is 0 Å². The molecule has 8 heteroatoms. The minimum Gasteiger partial charge on any atom is -0.340 e. The Hall–Kier alpha value is -0.420. The summed E-state index contributed by atoms with van der Waals surface area (Å²) in [4.78, 5) is 20.3. The highest BCUT2D eigenvalue weighted by atomic mass is 32.5. The fourth-order valence-corrected chi connectivity index (χ4v) is 4.62. The molecule has 2 unspecified atom stereocenters. The number of hydrogen-bond acceptors (Lipinski definition) is 4. The quantitative estimate of drug-likeness (QED) is 0.492. The summed E-state index contributed by atoms with van der Waals surface area (Å²) in [6.07, 6.45) is 0. The molecule has 0 aliphatic rings. The van der Waals surface area contributed by atoms with Gasteiger partial charge in [-0.3, -0.25) is 0 Å². The summed E-state index contributed by atoms with van der Waals surface area (Å²) in [7, 11) is 0. The van der Waals surface area contributed by atoms with Gasteiger partial charge >= 0.3 is 0 Å². The number of benzene rings is 2. The molecule has 0 saturated heterocycles. The molecule has 0 bridgehead atoms. The molecule has 0 aliphatic carbocycles. The molecule has 0 radical (unpaired) electrons. The predicted molar refractivity (Wildman–Crippen MR) is 87.3 cm³/mol. The third-order valence-corrected chi connectivity index (χ3v) is 6.60. The predicted octanol–water partition coefficient (Wildman–Crippen LogP) is 2.19. The van der Waals surface area contributed by atoms with Crippen molar-refractivity contribution in [3.63, 3.8) is 0 Å². The summed E-state index contributed by atoms with van der Waals surface area (Å²) in [6.45, 7) is -6.70. The van der Waals surface area contributed by atoms with Gasteiger partial charge in [-0.2, -0.15) is 9.35 Å². The standard InChI is InChI=1S/C12H12O4P2S2/c13-17(19,11-7-3-1-4-8-11)15-16-18(14,20)12-9-5-2-6-10-12/h1-10H,(H,13,19)(H,14,20). The van der Waals surface area contributed by atoms with E-state index in [0.29, 0.717) is 10.6 Å². The smallest absolute Gasteiger partial charge is 0.250 e. The Balaban J connectivity index is 2.12. The van der Waals surface area contributed by atoms with Crippen LogP contribution >= 0.6 is 13.0 Å². The highest BCUT2D eigenvalue weighted by Crippen LogP contribution is 2.50. The zero-order chi connectivity index (χ0) is 14.6. The van der Waals surface area contributed by atoms with Crippen molar-refractivity contribution < 1.29 is 19.1 Å². The zero-order valence-electron chi connectivity index (χ0n) is 10.2. The van der Waals surface area contributed by atoms with Crippen molar-refractivity contribution in [1.29, 1.82) is 0 Å². The lowest BCUT2D eigenvalue weighted by molar-refractivity contribution is -0.0936. The van der Waals surface area contributed by atoms with Crippen molar-refractivity contribution in [2.75, 3.05) is 0 Å². The molecule has 0 saturated carbocycles. The van der Waals surface area contributed by atoms with Gasteiger partial charge in [-0.15, -0.1) is 0 Å². The van der Waals surface area contributed by atoms with Crippen LogP contribution in [-0.4, -0.2) is 9.79 Å². The first kappa shape index (κ1) is 16.0. The van der Waals surface area contributed by atoms with Gasteiger partial charge in [0, 0.05) is 10.6 Å². The Morgan fingerprint density at radius 2 is 0.950 bits per heavy atom. The maximum Gasteiger partial charge on any atom is 0.250 e. The fraction of sp³-hybridized carbons (Fsp3) is 0. The summed E-state index contributed by atoms with van der Waals surface area (Å²) >= 11 is 10.0. The first-order valence-electron chi connectivity index (χ1n) is 5.57. The van der Waals surface area contributed by atoms with Crippen molar-refractivity contribution in [1.82, 2.24) is 0 Å². The van der Waals surface area contributed by atoms with E-state index in [1.54, 1.807) is 60.7 Å². The second-order valence-corrected chi connectivity index (χ2v) is 10.2. The second-order valence-electron chi connectivity index (χ2n) is 3.86. The van der Waals surface area contributed by atoms with Crippen molar-refractivity contribution in [2.24, 2.45) is 0 Å². The zero-order valence-corrected chi connectivity index (χ0v) is 13.6. The van der Waals surface area contributed by atoms with E-state index in [4.69, 9.17) is 33.0 Å². The average molecular weight is 346 g/mol. The summed E-state index contributed by atoms with van der Waals surface area (Å²) in [5.74, 6) is 0. The maximum atomic E-state index is 10.1. The number of hydrogen-bond donors (Lipinski definition) is 2. The Morgan fingerprint density at radius 3 is 1.25 bits per heavy atom. The molecule has 0 heterocycles. The Morgan fingerprint density at radius 1 is 0.650 bits per heavy atom. The SMILES string of the molecule is OP(=S)(OOP(O)(=S)c1ccccc1)c1ccccc1. The van der Waals surface area contributed by atoms with Crippen LogP contribution in [0.15, 0.2) is 60.7 Å². The Bertz CT molecular complexity index is 604. The monoisotopic (exact) mass is 346 g/mol. The minimum atomic E-state index is -3.35. The van der Waals surface area contributed by atoms with Crippen molar-refractivity contribution in [3.8, 4) is 0 Å². The topological polar surface area (TPSA) is 58.9 Å². The van der Waals surface area contributed by atoms with Crippen LogP contribution in [-0.2, 0) is 33.0 Å².